The Kier molecular flexibility index (Phi) is 37.1. The van der Waals surface area contributed by atoms with Gasteiger partial charge in [0.15, 0.2) is 0 Å². The normalized spacial score (nSPS) is 14.3. The Bertz CT molecular complexity index is 440. The quantitative estimate of drug-likeness (QED) is 0.0578. The van der Waals surface area contributed by atoms with Crippen molar-refractivity contribution in [3.63, 3.8) is 0 Å². The van der Waals surface area contributed by atoms with Crippen LogP contribution in [-0.4, -0.2) is 24.7 Å². The average molecular weight is 660 g/mol. The zero-order chi connectivity index (χ0) is 26.0. The van der Waals surface area contributed by atoms with Crippen molar-refractivity contribution in [2.24, 2.45) is 0 Å². The van der Waals surface area contributed by atoms with Gasteiger partial charge in [0.2, 0.25) is 0 Å². The van der Waals surface area contributed by atoms with Gasteiger partial charge in [0.1, 0.15) is 0 Å². The molecule has 0 aliphatic heterocycles. The molecule has 0 N–H and O–H groups in total. The molecular formula is C24H52O4P2S4Zn. The summed E-state index contributed by atoms with van der Waals surface area (Å²) in [4.78, 5) is 23.7. The first kappa shape index (κ1) is 41.9. The van der Waals surface area contributed by atoms with E-state index in [-0.39, 0.29) is 19.5 Å². The average Bonchev–Trinajstić information content (AvgIpc) is 2.79. The van der Waals surface area contributed by atoms with Crippen molar-refractivity contribution in [2.75, 3.05) is 24.7 Å². The summed E-state index contributed by atoms with van der Waals surface area (Å²) in [7, 11) is 0. The largest absolute Gasteiger partial charge is 2.00 e. The van der Waals surface area contributed by atoms with Crippen LogP contribution in [0.5, 0.6) is 0 Å². The van der Waals surface area contributed by atoms with Gasteiger partial charge in [-0.2, -0.15) is 0 Å². The fourth-order valence-electron chi connectivity index (χ4n) is 2.90. The molecule has 0 aromatic rings. The molecule has 0 amide bonds. The van der Waals surface area contributed by atoms with Crippen molar-refractivity contribution in [1.29, 1.82) is 0 Å². The van der Waals surface area contributed by atoms with E-state index in [9.17, 15) is 9.79 Å². The fourth-order valence-corrected chi connectivity index (χ4v) is 9.66. The van der Waals surface area contributed by atoms with Crippen LogP contribution in [0.25, 0.3) is 0 Å². The predicted octanol–water partition coefficient (Wildman–Crippen LogP) is 8.96. The molecule has 0 saturated heterocycles. The van der Waals surface area contributed by atoms with Crippen LogP contribution in [0.1, 0.15) is 130 Å². The summed E-state index contributed by atoms with van der Waals surface area (Å²) in [5, 5.41) is 0. The molecular weight excluding hydrogens is 608 g/mol. The van der Waals surface area contributed by atoms with E-state index in [4.69, 9.17) is 32.7 Å². The third kappa shape index (κ3) is 36.5. The van der Waals surface area contributed by atoms with E-state index in [0.717, 1.165) is 50.0 Å². The maximum Gasteiger partial charge on any atom is 2.00 e. The van der Waals surface area contributed by atoms with Gasteiger partial charge in [0.05, 0.1) is 13.2 Å². The summed E-state index contributed by atoms with van der Waals surface area (Å²) in [6, 6.07) is 0. The van der Waals surface area contributed by atoms with Gasteiger partial charge in [0, 0.05) is 11.4 Å². The van der Waals surface area contributed by atoms with Crippen LogP contribution in [0.15, 0.2) is 0 Å². The van der Waals surface area contributed by atoms with Crippen LogP contribution in [-0.2, 0) is 52.1 Å². The first-order chi connectivity index (χ1) is 16.2. The Labute approximate surface area is 249 Å². The summed E-state index contributed by atoms with van der Waals surface area (Å²) >= 11 is 12.7. The maximum atomic E-state index is 11.8. The molecule has 0 aromatic heterocycles. The Morgan fingerprint density at radius 1 is 0.514 bits per heavy atom. The minimum atomic E-state index is -2.79. The summed E-state index contributed by atoms with van der Waals surface area (Å²) in [5.74, 6) is 1.74. The molecule has 0 aliphatic carbocycles. The SMILES string of the molecule is CCCCCCOP([O-])(=S)SCCCCCC.CCCCCCOP([O-])(=S)SCCCCCC.[Zn+2]. The summed E-state index contributed by atoms with van der Waals surface area (Å²) in [6.07, 6.45) is 18.6. The first-order valence-corrected chi connectivity index (χ1v) is 21.9. The Balaban J connectivity index is -0.000000569. The van der Waals surface area contributed by atoms with Gasteiger partial charge >= 0.3 is 19.5 Å². The van der Waals surface area contributed by atoms with Crippen LogP contribution < -0.4 is 9.79 Å². The molecule has 2 atom stereocenters. The molecule has 0 heterocycles. The van der Waals surface area contributed by atoms with Crippen LogP contribution in [0, 0.1) is 0 Å². The predicted molar refractivity (Wildman–Crippen MR) is 162 cm³/mol. The van der Waals surface area contributed by atoms with E-state index in [1.54, 1.807) is 0 Å². The maximum absolute atomic E-state index is 11.8. The molecule has 35 heavy (non-hydrogen) atoms. The van der Waals surface area contributed by atoms with Crippen molar-refractivity contribution in [3.05, 3.63) is 0 Å². The van der Waals surface area contributed by atoms with Gasteiger partial charge in [-0.25, -0.2) is 0 Å². The molecule has 2 unspecified atom stereocenters. The second-order valence-corrected chi connectivity index (χ2v) is 20.8. The Morgan fingerprint density at radius 2 is 0.800 bits per heavy atom. The number of rotatable bonds is 24. The molecule has 4 nitrogen and oxygen atoms in total. The zero-order valence-corrected chi connectivity index (χ0v) is 31.0. The van der Waals surface area contributed by atoms with Crippen LogP contribution >= 0.6 is 34.2 Å². The molecule has 0 spiro atoms. The topological polar surface area (TPSA) is 64.6 Å². The first-order valence-electron chi connectivity index (χ1n) is 13.4. The van der Waals surface area contributed by atoms with Gasteiger partial charge in [-0.3, -0.25) is 0 Å². The molecule has 0 rings (SSSR count). The van der Waals surface area contributed by atoms with Crippen molar-refractivity contribution in [1.82, 2.24) is 0 Å². The number of hydrogen-bond donors (Lipinski definition) is 0. The van der Waals surface area contributed by atoms with Gasteiger partial charge < -0.3 is 18.8 Å². The molecule has 0 aromatic carbocycles. The monoisotopic (exact) mass is 658 g/mol. The van der Waals surface area contributed by atoms with Gasteiger partial charge in [-0.05, 0) is 37.2 Å². The molecule has 208 valence electrons. The van der Waals surface area contributed by atoms with E-state index >= 15 is 0 Å². The smallest absolute Gasteiger partial charge is 0.793 e. The summed E-state index contributed by atoms with van der Waals surface area (Å²) < 4.78 is 10.6. The van der Waals surface area contributed by atoms with Crippen molar-refractivity contribution >= 4 is 57.8 Å². The third-order valence-electron chi connectivity index (χ3n) is 4.99. The third-order valence-corrected chi connectivity index (χ3v) is 13.7. The summed E-state index contributed by atoms with van der Waals surface area (Å²) in [5.41, 5.74) is -5.58. The van der Waals surface area contributed by atoms with Gasteiger partial charge in [-0.1, -0.05) is 128 Å². The Morgan fingerprint density at radius 3 is 1.09 bits per heavy atom. The molecule has 0 bridgehead atoms. The second-order valence-electron chi connectivity index (χ2n) is 8.47. The molecule has 0 fully saturated rings. The van der Waals surface area contributed by atoms with E-state index in [1.807, 2.05) is 0 Å². The number of hydrogen-bond acceptors (Lipinski definition) is 8. The standard InChI is InChI=1S/2C12H27O2PS2.Zn/c2*1-3-5-7-9-11-14-15(13,16)17-12-10-8-6-4-2;/h2*3-12H2,1-2H3,(H,13,16);/q;;+2/p-2. The molecule has 0 aliphatic rings. The van der Waals surface area contributed by atoms with E-state index in [1.165, 1.54) is 87.0 Å². The Hall–Kier alpha value is 2.46. The molecule has 0 radical (unpaired) electrons. The van der Waals surface area contributed by atoms with Crippen LogP contribution in [0.4, 0.5) is 0 Å². The van der Waals surface area contributed by atoms with E-state index in [2.05, 4.69) is 27.7 Å². The van der Waals surface area contributed by atoms with Crippen molar-refractivity contribution < 1.29 is 38.3 Å². The van der Waals surface area contributed by atoms with Crippen LogP contribution in [0.3, 0.4) is 0 Å². The minimum absolute atomic E-state index is 0. The van der Waals surface area contributed by atoms with Crippen molar-refractivity contribution in [2.45, 2.75) is 130 Å². The molecule has 0 saturated carbocycles. The van der Waals surface area contributed by atoms with E-state index < -0.39 is 11.4 Å². The van der Waals surface area contributed by atoms with Gasteiger partial charge in [0.25, 0.3) is 0 Å². The second kappa shape index (κ2) is 31.0. The minimum Gasteiger partial charge on any atom is -0.793 e. The van der Waals surface area contributed by atoms with Crippen LogP contribution in [0.2, 0.25) is 0 Å². The summed E-state index contributed by atoms with van der Waals surface area (Å²) in [6.45, 7) is 9.83. The molecule has 11 heteroatoms. The fraction of sp³-hybridized carbons (Fsp3) is 1.00. The van der Waals surface area contributed by atoms with Gasteiger partial charge in [-0.15, -0.1) is 22.8 Å². The van der Waals surface area contributed by atoms with Crippen molar-refractivity contribution in [3.8, 4) is 0 Å². The van der Waals surface area contributed by atoms with E-state index in [0.29, 0.717) is 13.2 Å². The number of unbranched alkanes of at least 4 members (excludes halogenated alkanes) is 12. The zero-order valence-electron chi connectivity index (χ0n) is 23.0.